The maximum Gasteiger partial charge on any atom is 0.338 e. The molecule has 1 aromatic rings. The molecule has 8 nitrogen and oxygen atoms in total. The number of hydrogen-bond donors (Lipinski definition) is 0. The monoisotopic (exact) mass is 592 g/mol. The zero-order valence-electron chi connectivity index (χ0n) is 26.6. The quantitative estimate of drug-likeness (QED) is 0.129. The first kappa shape index (κ1) is 31.4. The van der Waals surface area contributed by atoms with E-state index in [2.05, 4.69) is 59.8 Å². The summed E-state index contributed by atoms with van der Waals surface area (Å²) in [5.74, 6) is 3.42. The molecule has 1 aromatic carbocycles. The first-order valence-electron chi connectivity index (χ1n) is 16.3. The number of carbonyl (C=O) groups is 1. The lowest BCUT2D eigenvalue weighted by Crippen LogP contribution is -2.50. The van der Waals surface area contributed by atoms with Crippen LogP contribution in [-0.4, -0.2) is 21.9 Å². The average Bonchev–Trinajstić information content (AvgIpc) is 3.32. The van der Waals surface area contributed by atoms with Crippen molar-refractivity contribution >= 4 is 17.3 Å². The number of non-ortho nitro benzene ring substituents is 2. The Hall–Kier alpha value is -3.03. The number of allylic oxidation sites excluding steroid dienone is 4. The van der Waals surface area contributed by atoms with Crippen molar-refractivity contribution in [3.05, 3.63) is 67.8 Å². The molecule has 0 bridgehead atoms. The van der Waals surface area contributed by atoms with Gasteiger partial charge in [-0.25, -0.2) is 4.79 Å². The fourth-order valence-electron chi connectivity index (χ4n) is 9.33. The minimum absolute atomic E-state index is 0.148. The van der Waals surface area contributed by atoms with Gasteiger partial charge in [-0.1, -0.05) is 65.3 Å². The maximum absolute atomic E-state index is 13.0. The van der Waals surface area contributed by atoms with E-state index in [0.29, 0.717) is 46.8 Å². The maximum atomic E-state index is 13.0. The molecule has 0 radical (unpaired) electrons. The first-order chi connectivity index (χ1) is 20.2. The summed E-state index contributed by atoms with van der Waals surface area (Å²) in [6.45, 7) is 14.3. The lowest BCUT2D eigenvalue weighted by atomic mass is 9.47. The van der Waals surface area contributed by atoms with Crippen molar-refractivity contribution in [1.82, 2.24) is 0 Å². The van der Waals surface area contributed by atoms with Gasteiger partial charge in [0.05, 0.1) is 21.5 Å². The standard InChI is InChI=1S/C35H48N2O6/c1-21(2)22(3)7-8-23(4)30-11-12-31-29-10-9-25-19-28(13-15-34(25,5)32(29)14-16-35(30,31)6)43-33(38)24-17-26(36(39)40)20-27(18-24)37(41)42/h7-8,10,17-18,20-23,25,28,30-32H,9,11-16,19H2,1-6H3/b8-7+/t22-,23+,25+,28+,30-,31+,32+,34+,35-/m0/s1. The van der Waals surface area contributed by atoms with Crippen LogP contribution in [0.15, 0.2) is 42.0 Å². The SMILES string of the molecule is CC(C)[C@@H](C)/C=C/[C@@H](C)[C@@H]1CC[C@@H]2C3=CC[C@@H]4C[C@H](OC(=O)c5cc([N+](=O)[O-])cc([N+](=O)[O-])c5)CC[C@@]4(C)[C@@H]3CC[C@]21C. The predicted molar refractivity (Wildman–Crippen MR) is 166 cm³/mol. The van der Waals surface area contributed by atoms with Gasteiger partial charge in [-0.05, 0) is 104 Å². The number of rotatable bonds is 8. The van der Waals surface area contributed by atoms with Crippen LogP contribution in [0, 0.1) is 72.5 Å². The molecule has 0 heterocycles. The van der Waals surface area contributed by atoms with Gasteiger partial charge in [0.25, 0.3) is 11.4 Å². The molecule has 0 aromatic heterocycles. The van der Waals surface area contributed by atoms with Gasteiger partial charge in [-0.15, -0.1) is 0 Å². The summed E-state index contributed by atoms with van der Waals surface area (Å²) in [6, 6.07) is 2.99. The Morgan fingerprint density at radius 1 is 0.907 bits per heavy atom. The summed E-state index contributed by atoms with van der Waals surface area (Å²) in [6.07, 6.45) is 15.6. The third-order valence-electron chi connectivity index (χ3n) is 12.3. The van der Waals surface area contributed by atoms with Crippen molar-refractivity contribution in [1.29, 1.82) is 0 Å². The number of nitro benzene ring substituents is 2. The van der Waals surface area contributed by atoms with Crippen LogP contribution in [0.5, 0.6) is 0 Å². The van der Waals surface area contributed by atoms with Crippen molar-refractivity contribution in [2.24, 2.45) is 52.3 Å². The predicted octanol–water partition coefficient (Wildman–Crippen LogP) is 9.09. The van der Waals surface area contributed by atoms with Gasteiger partial charge in [-0.3, -0.25) is 20.2 Å². The Labute approximate surface area is 255 Å². The molecule has 9 atom stereocenters. The minimum atomic E-state index is -0.733. The van der Waals surface area contributed by atoms with E-state index in [1.807, 2.05) is 0 Å². The van der Waals surface area contributed by atoms with Gasteiger partial charge in [0, 0.05) is 12.1 Å². The molecule has 4 aliphatic carbocycles. The van der Waals surface area contributed by atoms with E-state index in [4.69, 9.17) is 4.74 Å². The highest BCUT2D eigenvalue weighted by Gasteiger charge is 2.58. The Kier molecular flexibility index (Phi) is 8.62. The molecule has 3 saturated carbocycles. The fourth-order valence-corrected chi connectivity index (χ4v) is 9.33. The largest absolute Gasteiger partial charge is 0.459 e. The highest BCUT2D eigenvalue weighted by Crippen LogP contribution is 2.67. The van der Waals surface area contributed by atoms with E-state index in [1.54, 1.807) is 5.57 Å². The first-order valence-corrected chi connectivity index (χ1v) is 16.3. The second-order valence-corrected chi connectivity index (χ2v) is 14.9. The number of benzene rings is 1. The van der Waals surface area contributed by atoms with Crippen LogP contribution >= 0.6 is 0 Å². The highest BCUT2D eigenvalue weighted by atomic mass is 16.6. The third-order valence-corrected chi connectivity index (χ3v) is 12.3. The van der Waals surface area contributed by atoms with Crippen LogP contribution in [0.25, 0.3) is 0 Å². The van der Waals surface area contributed by atoms with E-state index in [0.717, 1.165) is 43.9 Å². The molecule has 0 unspecified atom stereocenters. The van der Waals surface area contributed by atoms with Crippen molar-refractivity contribution in [2.45, 2.75) is 99.0 Å². The van der Waals surface area contributed by atoms with E-state index in [1.165, 1.54) is 25.7 Å². The number of nitrogens with zero attached hydrogens (tertiary/aromatic N) is 2. The van der Waals surface area contributed by atoms with Gasteiger partial charge in [0.15, 0.2) is 0 Å². The van der Waals surface area contributed by atoms with Crippen LogP contribution < -0.4 is 0 Å². The zero-order valence-corrected chi connectivity index (χ0v) is 26.6. The second-order valence-electron chi connectivity index (χ2n) is 14.9. The summed E-state index contributed by atoms with van der Waals surface area (Å²) < 4.78 is 5.85. The molecule has 3 fully saturated rings. The van der Waals surface area contributed by atoms with Crippen molar-refractivity contribution in [3.8, 4) is 0 Å². The summed E-state index contributed by atoms with van der Waals surface area (Å²) >= 11 is 0. The van der Waals surface area contributed by atoms with E-state index < -0.39 is 27.2 Å². The van der Waals surface area contributed by atoms with Crippen molar-refractivity contribution in [2.75, 3.05) is 0 Å². The Bertz CT molecular complexity index is 1300. The highest BCUT2D eigenvalue weighted by molar-refractivity contribution is 5.91. The topological polar surface area (TPSA) is 113 Å². The van der Waals surface area contributed by atoms with Gasteiger partial charge in [-0.2, -0.15) is 0 Å². The van der Waals surface area contributed by atoms with Crippen LogP contribution in [0.3, 0.4) is 0 Å². The normalized spacial score (nSPS) is 35.0. The molecular weight excluding hydrogens is 544 g/mol. The molecule has 0 aliphatic heterocycles. The number of fused-ring (bicyclic) bond motifs is 5. The molecule has 0 spiro atoms. The zero-order chi connectivity index (χ0) is 31.3. The Morgan fingerprint density at radius 3 is 2.16 bits per heavy atom. The molecule has 234 valence electrons. The number of carbonyl (C=O) groups excluding carboxylic acids is 1. The number of hydrogen-bond acceptors (Lipinski definition) is 6. The van der Waals surface area contributed by atoms with Crippen LogP contribution in [0.1, 0.15) is 103 Å². The van der Waals surface area contributed by atoms with Crippen molar-refractivity contribution in [3.63, 3.8) is 0 Å². The van der Waals surface area contributed by atoms with Crippen LogP contribution in [0.4, 0.5) is 11.4 Å². The van der Waals surface area contributed by atoms with Gasteiger partial charge in [0.2, 0.25) is 0 Å². The summed E-state index contributed by atoms with van der Waals surface area (Å²) in [4.78, 5) is 34.1. The molecule has 0 amide bonds. The minimum Gasteiger partial charge on any atom is -0.459 e. The molecule has 0 N–H and O–H groups in total. The Morgan fingerprint density at radius 2 is 1.53 bits per heavy atom. The molecule has 0 saturated heterocycles. The third kappa shape index (κ3) is 5.78. The molecule has 5 rings (SSSR count). The van der Waals surface area contributed by atoms with Gasteiger partial charge in [0.1, 0.15) is 6.10 Å². The lowest BCUT2D eigenvalue weighted by Gasteiger charge is -2.58. The lowest BCUT2D eigenvalue weighted by molar-refractivity contribution is -0.394. The molecular formula is C35H48N2O6. The van der Waals surface area contributed by atoms with Crippen molar-refractivity contribution < 1.29 is 19.4 Å². The average molecular weight is 593 g/mol. The van der Waals surface area contributed by atoms with Gasteiger partial charge >= 0.3 is 5.97 Å². The Balaban J connectivity index is 1.28. The summed E-state index contributed by atoms with van der Waals surface area (Å²) in [5.41, 5.74) is 1.07. The van der Waals surface area contributed by atoms with E-state index in [-0.39, 0.29) is 17.1 Å². The smallest absolute Gasteiger partial charge is 0.338 e. The molecule has 4 aliphatic rings. The number of ether oxygens (including phenoxy) is 1. The number of nitro groups is 2. The van der Waals surface area contributed by atoms with E-state index in [9.17, 15) is 25.0 Å². The molecule has 43 heavy (non-hydrogen) atoms. The summed E-state index contributed by atoms with van der Waals surface area (Å²) in [5, 5.41) is 22.6. The summed E-state index contributed by atoms with van der Waals surface area (Å²) in [7, 11) is 0. The van der Waals surface area contributed by atoms with Gasteiger partial charge < -0.3 is 4.74 Å². The molecule has 8 heteroatoms. The second kappa shape index (κ2) is 11.8. The fraction of sp³-hybridized carbons (Fsp3) is 0.686. The van der Waals surface area contributed by atoms with Crippen LogP contribution in [0.2, 0.25) is 0 Å². The van der Waals surface area contributed by atoms with Crippen LogP contribution in [-0.2, 0) is 4.74 Å². The number of esters is 1. The van der Waals surface area contributed by atoms with E-state index >= 15 is 0 Å².